The van der Waals surface area contributed by atoms with Gasteiger partial charge in [-0.1, -0.05) is 48.0 Å². The van der Waals surface area contributed by atoms with Crippen LogP contribution in [-0.2, 0) is 6.54 Å². The van der Waals surface area contributed by atoms with Crippen molar-refractivity contribution >= 4 is 17.3 Å². The van der Waals surface area contributed by atoms with Gasteiger partial charge in [-0.05, 0) is 44.4 Å². The molecule has 0 saturated heterocycles. The van der Waals surface area contributed by atoms with Crippen molar-refractivity contribution in [2.75, 3.05) is 10.6 Å². The molecule has 2 aromatic carbocycles. The van der Waals surface area contributed by atoms with E-state index in [2.05, 4.69) is 65.6 Å². The summed E-state index contributed by atoms with van der Waals surface area (Å²) in [6, 6.07) is 16.6. The lowest BCUT2D eigenvalue weighted by Gasteiger charge is -2.15. The molecule has 0 amide bonds. The zero-order chi connectivity index (χ0) is 17.8. The van der Waals surface area contributed by atoms with Gasteiger partial charge in [0.15, 0.2) is 0 Å². The molecular weight excluding hydrogens is 308 g/mol. The molecule has 0 unspecified atom stereocenters. The molecule has 0 radical (unpaired) electrons. The third-order valence-electron chi connectivity index (χ3n) is 4.08. The Bertz CT molecular complexity index is 849. The molecule has 0 bridgehead atoms. The second-order valence-electron chi connectivity index (χ2n) is 6.42. The molecule has 2 N–H and O–H groups in total. The highest BCUT2D eigenvalue weighted by Gasteiger charge is 2.07. The second-order valence-corrected chi connectivity index (χ2v) is 6.42. The molecule has 0 spiro atoms. The maximum absolute atomic E-state index is 4.53. The van der Waals surface area contributed by atoms with Crippen LogP contribution in [0.3, 0.4) is 0 Å². The third kappa shape index (κ3) is 4.35. The lowest BCUT2D eigenvalue weighted by atomic mass is 10.1. The van der Waals surface area contributed by atoms with E-state index in [9.17, 15) is 0 Å². The fraction of sp³-hybridized carbons (Fsp3) is 0.238. The summed E-state index contributed by atoms with van der Waals surface area (Å²) >= 11 is 0. The van der Waals surface area contributed by atoms with Crippen molar-refractivity contribution in [2.45, 2.75) is 34.2 Å². The number of hydrogen-bond donors (Lipinski definition) is 2. The quantitative estimate of drug-likeness (QED) is 0.685. The molecule has 128 valence electrons. The number of nitrogens with one attached hydrogen (secondary N) is 2. The van der Waals surface area contributed by atoms with Gasteiger partial charge in [0.05, 0.1) is 0 Å². The fourth-order valence-corrected chi connectivity index (χ4v) is 3.02. The molecule has 0 fully saturated rings. The zero-order valence-electron chi connectivity index (χ0n) is 15.2. The largest absolute Gasteiger partial charge is 0.366 e. The van der Waals surface area contributed by atoms with Crippen LogP contribution >= 0.6 is 0 Å². The number of benzene rings is 2. The van der Waals surface area contributed by atoms with Gasteiger partial charge in [-0.25, -0.2) is 9.97 Å². The first-order chi connectivity index (χ1) is 12.0. The second kappa shape index (κ2) is 7.34. The first-order valence-corrected chi connectivity index (χ1v) is 8.49. The first-order valence-electron chi connectivity index (χ1n) is 8.49. The van der Waals surface area contributed by atoms with E-state index in [1.54, 1.807) is 0 Å². The van der Waals surface area contributed by atoms with Crippen LogP contribution in [0, 0.1) is 27.7 Å². The molecule has 0 saturated carbocycles. The highest BCUT2D eigenvalue weighted by Crippen LogP contribution is 2.26. The Morgan fingerprint density at radius 1 is 0.800 bits per heavy atom. The molecular formula is C21H24N4. The van der Waals surface area contributed by atoms with Gasteiger partial charge >= 0.3 is 0 Å². The van der Waals surface area contributed by atoms with Gasteiger partial charge in [0.2, 0.25) is 0 Å². The van der Waals surface area contributed by atoms with Crippen molar-refractivity contribution < 1.29 is 0 Å². The van der Waals surface area contributed by atoms with E-state index in [4.69, 9.17) is 0 Å². The summed E-state index contributed by atoms with van der Waals surface area (Å²) in [5.41, 5.74) is 6.03. The van der Waals surface area contributed by atoms with Crippen molar-refractivity contribution in [1.82, 2.24) is 9.97 Å². The summed E-state index contributed by atoms with van der Waals surface area (Å²) in [6.07, 6.45) is 0. The van der Waals surface area contributed by atoms with E-state index in [0.717, 1.165) is 29.7 Å². The van der Waals surface area contributed by atoms with Crippen LogP contribution in [0.25, 0.3) is 0 Å². The molecule has 3 aromatic rings. The Morgan fingerprint density at radius 2 is 1.44 bits per heavy atom. The molecule has 1 aromatic heterocycles. The topological polar surface area (TPSA) is 49.8 Å². The number of aromatic nitrogens is 2. The Balaban J connectivity index is 1.80. The average molecular weight is 332 g/mol. The minimum Gasteiger partial charge on any atom is -0.366 e. The molecule has 25 heavy (non-hydrogen) atoms. The zero-order valence-corrected chi connectivity index (χ0v) is 15.2. The van der Waals surface area contributed by atoms with Gasteiger partial charge < -0.3 is 10.6 Å². The Kier molecular flexibility index (Phi) is 4.98. The number of aryl methyl sites for hydroxylation is 4. The summed E-state index contributed by atoms with van der Waals surface area (Å²) in [5.74, 6) is 2.36. The summed E-state index contributed by atoms with van der Waals surface area (Å²) in [6.45, 7) is 8.99. The van der Waals surface area contributed by atoms with Crippen molar-refractivity contribution in [3.05, 3.63) is 76.6 Å². The van der Waals surface area contributed by atoms with Crippen LogP contribution in [0.5, 0.6) is 0 Å². The van der Waals surface area contributed by atoms with Crippen LogP contribution in [0.15, 0.2) is 48.5 Å². The normalized spacial score (nSPS) is 10.6. The van der Waals surface area contributed by atoms with Gasteiger partial charge in [-0.15, -0.1) is 0 Å². The van der Waals surface area contributed by atoms with E-state index in [-0.39, 0.29) is 0 Å². The van der Waals surface area contributed by atoms with Gasteiger partial charge in [-0.2, -0.15) is 0 Å². The van der Waals surface area contributed by atoms with Crippen LogP contribution in [0.2, 0.25) is 0 Å². The Morgan fingerprint density at radius 3 is 2.12 bits per heavy atom. The number of nitrogens with zero attached hydrogens (tertiary/aromatic N) is 2. The van der Waals surface area contributed by atoms with Gasteiger partial charge in [0.25, 0.3) is 0 Å². The number of rotatable bonds is 5. The SMILES string of the molecule is Cc1cc(C)c(Nc2cc(NCc3ccccc3)nc(C)n2)c(C)c1. The van der Waals surface area contributed by atoms with Crippen LogP contribution < -0.4 is 10.6 Å². The van der Waals surface area contributed by atoms with E-state index >= 15 is 0 Å². The molecule has 0 aliphatic carbocycles. The summed E-state index contributed by atoms with van der Waals surface area (Å²) in [5, 5.41) is 6.83. The summed E-state index contributed by atoms with van der Waals surface area (Å²) < 4.78 is 0. The monoisotopic (exact) mass is 332 g/mol. The van der Waals surface area contributed by atoms with Gasteiger partial charge in [0.1, 0.15) is 17.5 Å². The van der Waals surface area contributed by atoms with Crippen molar-refractivity contribution in [3.8, 4) is 0 Å². The van der Waals surface area contributed by atoms with E-state index in [1.807, 2.05) is 31.2 Å². The van der Waals surface area contributed by atoms with Crippen LogP contribution in [0.4, 0.5) is 17.3 Å². The Labute approximate surface area is 149 Å². The van der Waals surface area contributed by atoms with E-state index in [0.29, 0.717) is 0 Å². The number of hydrogen-bond acceptors (Lipinski definition) is 4. The molecule has 1 heterocycles. The van der Waals surface area contributed by atoms with Crippen LogP contribution in [0.1, 0.15) is 28.1 Å². The minimum atomic E-state index is 0.735. The standard InChI is InChI=1S/C21H24N4/c1-14-10-15(2)21(16(3)11-14)25-20-12-19(23-17(4)24-20)22-13-18-8-6-5-7-9-18/h5-12H,13H2,1-4H3,(H2,22,23,24,25). The lowest BCUT2D eigenvalue weighted by molar-refractivity contribution is 1.02. The summed E-state index contributed by atoms with van der Waals surface area (Å²) in [7, 11) is 0. The number of anilines is 3. The smallest absolute Gasteiger partial charge is 0.136 e. The molecule has 4 nitrogen and oxygen atoms in total. The molecule has 0 aliphatic rings. The van der Waals surface area contributed by atoms with Crippen molar-refractivity contribution in [1.29, 1.82) is 0 Å². The molecule has 0 aliphatic heterocycles. The average Bonchev–Trinajstić information content (AvgIpc) is 2.57. The molecule has 0 atom stereocenters. The van der Waals surface area contributed by atoms with Crippen molar-refractivity contribution in [3.63, 3.8) is 0 Å². The molecule has 4 heteroatoms. The maximum Gasteiger partial charge on any atom is 0.136 e. The highest BCUT2D eigenvalue weighted by molar-refractivity contribution is 5.66. The predicted octanol–water partition coefficient (Wildman–Crippen LogP) is 5.07. The maximum atomic E-state index is 4.53. The minimum absolute atomic E-state index is 0.735. The van der Waals surface area contributed by atoms with Crippen LogP contribution in [-0.4, -0.2) is 9.97 Å². The highest BCUT2D eigenvalue weighted by atomic mass is 15.1. The summed E-state index contributed by atoms with van der Waals surface area (Å²) in [4.78, 5) is 9.01. The molecule has 3 rings (SSSR count). The van der Waals surface area contributed by atoms with Crippen molar-refractivity contribution in [2.24, 2.45) is 0 Å². The van der Waals surface area contributed by atoms with E-state index < -0.39 is 0 Å². The van der Waals surface area contributed by atoms with Gasteiger partial charge in [-0.3, -0.25) is 0 Å². The fourth-order valence-electron chi connectivity index (χ4n) is 3.02. The lowest BCUT2D eigenvalue weighted by Crippen LogP contribution is -2.06. The predicted molar refractivity (Wildman–Crippen MR) is 104 cm³/mol. The van der Waals surface area contributed by atoms with E-state index in [1.165, 1.54) is 22.3 Å². The Hall–Kier alpha value is -2.88. The third-order valence-corrected chi connectivity index (χ3v) is 4.08. The first kappa shape index (κ1) is 17.0. The van der Waals surface area contributed by atoms with Gasteiger partial charge in [0, 0.05) is 18.3 Å².